The highest BCUT2D eigenvalue weighted by Crippen LogP contribution is 2.36. The predicted octanol–water partition coefficient (Wildman–Crippen LogP) is 4.30. The van der Waals surface area contributed by atoms with Crippen molar-refractivity contribution in [3.8, 4) is 0 Å². The lowest BCUT2D eigenvalue weighted by atomic mass is 9.88. The molecule has 0 aliphatic carbocycles. The Labute approximate surface area is 196 Å². The monoisotopic (exact) mass is 528 g/mol. The van der Waals surface area contributed by atoms with Gasteiger partial charge in [0, 0.05) is 38.2 Å². The first-order valence-corrected chi connectivity index (χ1v) is 10.9. The van der Waals surface area contributed by atoms with Crippen LogP contribution in [0.25, 0.3) is 0 Å². The highest BCUT2D eigenvalue weighted by molar-refractivity contribution is 14.0. The number of rotatable bonds is 7. The van der Waals surface area contributed by atoms with Gasteiger partial charge >= 0.3 is 0 Å². The Morgan fingerprint density at radius 2 is 2.03 bits per heavy atom. The van der Waals surface area contributed by atoms with Crippen molar-refractivity contribution < 1.29 is 4.74 Å². The van der Waals surface area contributed by atoms with Crippen LogP contribution in [0.3, 0.4) is 0 Å². The van der Waals surface area contributed by atoms with E-state index in [0.29, 0.717) is 18.5 Å². The van der Waals surface area contributed by atoms with Crippen LogP contribution in [0.5, 0.6) is 0 Å². The van der Waals surface area contributed by atoms with Gasteiger partial charge in [-0.05, 0) is 49.4 Å². The van der Waals surface area contributed by atoms with Crippen LogP contribution >= 0.6 is 35.3 Å². The normalized spacial score (nSPS) is 21.3. The molecule has 2 heterocycles. The van der Waals surface area contributed by atoms with E-state index in [1.807, 2.05) is 36.6 Å². The average molecular weight is 529 g/mol. The fourth-order valence-corrected chi connectivity index (χ4v) is 5.01. The molecule has 0 amide bonds. The first kappa shape index (κ1) is 24.1. The summed E-state index contributed by atoms with van der Waals surface area (Å²) in [5.41, 5.74) is 1.17. The maximum Gasteiger partial charge on any atom is 0.191 e. The number of hydrogen-bond donors (Lipinski definition) is 2. The highest BCUT2D eigenvalue weighted by atomic mass is 127. The number of ether oxygens (including phenoxy) is 1. The number of guanidine groups is 1. The van der Waals surface area contributed by atoms with Gasteiger partial charge in [0.2, 0.25) is 0 Å². The molecule has 0 spiro atoms. The second kappa shape index (κ2) is 12.5. The molecule has 3 rings (SSSR count). The number of nitrogens with one attached hydrogen (secondary N) is 2. The van der Waals surface area contributed by atoms with Gasteiger partial charge in [0.15, 0.2) is 5.96 Å². The van der Waals surface area contributed by atoms with Gasteiger partial charge in [-0.2, -0.15) is 0 Å². The second-order valence-corrected chi connectivity index (χ2v) is 8.29. The van der Waals surface area contributed by atoms with Crippen molar-refractivity contribution in [2.45, 2.75) is 25.0 Å². The summed E-state index contributed by atoms with van der Waals surface area (Å²) in [6, 6.07) is 15.2. The average Bonchev–Trinajstić information content (AvgIpc) is 3.25. The topological polar surface area (TPSA) is 48.9 Å². The van der Waals surface area contributed by atoms with Crippen molar-refractivity contribution in [2.24, 2.45) is 10.9 Å². The fraction of sp³-hybridized carbons (Fsp3) is 0.500. The lowest BCUT2D eigenvalue weighted by molar-refractivity contribution is 0.106. The summed E-state index contributed by atoms with van der Waals surface area (Å²) >= 11 is 1.86. The Hall–Kier alpha value is -1.16. The zero-order valence-corrected chi connectivity index (χ0v) is 20.7. The molecule has 0 bridgehead atoms. The molecular weight excluding hydrogens is 495 g/mol. The van der Waals surface area contributed by atoms with Crippen molar-refractivity contribution >= 4 is 41.3 Å². The number of methoxy groups -OCH3 is 1. The highest BCUT2D eigenvalue weighted by Gasteiger charge is 2.31. The van der Waals surface area contributed by atoms with Gasteiger partial charge in [-0.3, -0.25) is 9.89 Å². The van der Waals surface area contributed by atoms with Crippen LogP contribution in [-0.2, 0) is 4.74 Å². The predicted molar refractivity (Wildman–Crippen MR) is 133 cm³/mol. The second-order valence-electron chi connectivity index (χ2n) is 7.31. The number of hydrogen-bond acceptors (Lipinski definition) is 4. The first-order chi connectivity index (χ1) is 13.7. The van der Waals surface area contributed by atoms with E-state index in [2.05, 4.69) is 57.2 Å². The van der Waals surface area contributed by atoms with Crippen molar-refractivity contribution in [2.75, 3.05) is 40.8 Å². The van der Waals surface area contributed by atoms with E-state index in [-0.39, 0.29) is 30.1 Å². The molecule has 29 heavy (non-hydrogen) atoms. The molecule has 1 saturated heterocycles. The molecule has 3 unspecified atom stereocenters. The molecule has 7 heteroatoms. The van der Waals surface area contributed by atoms with Crippen molar-refractivity contribution in [1.82, 2.24) is 15.5 Å². The summed E-state index contributed by atoms with van der Waals surface area (Å²) in [5, 5.41) is 9.14. The number of aliphatic imine (C=N–C) groups is 1. The van der Waals surface area contributed by atoms with Gasteiger partial charge in [-0.15, -0.1) is 35.3 Å². The zero-order chi connectivity index (χ0) is 19.8. The molecule has 1 aromatic heterocycles. The Bertz CT molecular complexity index is 726. The van der Waals surface area contributed by atoms with E-state index in [1.54, 1.807) is 7.11 Å². The van der Waals surface area contributed by atoms with Crippen LogP contribution in [-0.4, -0.2) is 51.7 Å². The van der Waals surface area contributed by atoms with Crippen LogP contribution in [0, 0.1) is 5.92 Å². The summed E-state index contributed by atoms with van der Waals surface area (Å²) in [5.74, 6) is 1.40. The summed E-state index contributed by atoms with van der Waals surface area (Å²) in [6.07, 6.45) is 2.48. The molecule has 3 atom stereocenters. The van der Waals surface area contributed by atoms with E-state index >= 15 is 0 Å². The molecular formula is C22H33IN4OS. The SMILES string of the molecule is CN=C(NCC(OC)c1ccccc1)NCC1CCCN(C)C1c1cccs1.I. The standard InChI is InChI=1S/C22H32N4OS.HI/c1-23-22(25-16-19(27-3)17-9-5-4-6-10-17)24-15-18-11-7-13-26(2)21(18)20-12-8-14-28-20;/h4-6,8-10,12,14,18-19,21H,7,11,13,15-16H2,1-3H3,(H2,23,24,25);1H. The lowest BCUT2D eigenvalue weighted by Gasteiger charge is -2.39. The molecule has 1 aliphatic heterocycles. The van der Waals surface area contributed by atoms with Gasteiger partial charge in [0.25, 0.3) is 0 Å². The van der Waals surface area contributed by atoms with E-state index in [1.165, 1.54) is 29.8 Å². The van der Waals surface area contributed by atoms with Gasteiger partial charge in [-0.1, -0.05) is 36.4 Å². The summed E-state index contributed by atoms with van der Waals surface area (Å²) in [4.78, 5) is 8.36. The summed E-state index contributed by atoms with van der Waals surface area (Å²) in [7, 11) is 5.81. The largest absolute Gasteiger partial charge is 0.375 e. The summed E-state index contributed by atoms with van der Waals surface area (Å²) in [6.45, 7) is 2.76. The third-order valence-corrected chi connectivity index (χ3v) is 6.45. The van der Waals surface area contributed by atoms with Gasteiger partial charge in [0.1, 0.15) is 0 Å². The molecule has 5 nitrogen and oxygen atoms in total. The van der Waals surface area contributed by atoms with Crippen LogP contribution in [0.2, 0.25) is 0 Å². The molecule has 1 aliphatic rings. The fourth-order valence-electron chi connectivity index (χ4n) is 4.03. The smallest absolute Gasteiger partial charge is 0.191 e. The number of halogens is 1. The maximum atomic E-state index is 5.66. The van der Waals surface area contributed by atoms with E-state index in [9.17, 15) is 0 Å². The molecule has 0 radical (unpaired) electrons. The van der Waals surface area contributed by atoms with Crippen molar-refractivity contribution in [1.29, 1.82) is 0 Å². The minimum Gasteiger partial charge on any atom is -0.375 e. The van der Waals surface area contributed by atoms with Crippen LogP contribution in [0.15, 0.2) is 52.8 Å². The Balaban J connectivity index is 0.00000300. The van der Waals surface area contributed by atoms with Gasteiger partial charge in [-0.25, -0.2) is 0 Å². The third-order valence-electron chi connectivity index (χ3n) is 5.51. The number of benzene rings is 1. The molecule has 160 valence electrons. The number of nitrogens with zero attached hydrogens (tertiary/aromatic N) is 2. The lowest BCUT2D eigenvalue weighted by Crippen LogP contribution is -2.45. The zero-order valence-electron chi connectivity index (χ0n) is 17.5. The molecule has 1 aromatic carbocycles. The summed E-state index contributed by atoms with van der Waals surface area (Å²) < 4.78 is 5.66. The maximum absolute atomic E-state index is 5.66. The Kier molecular flexibility index (Phi) is 10.4. The Morgan fingerprint density at radius 3 is 2.69 bits per heavy atom. The minimum atomic E-state index is -0.000527. The molecule has 0 saturated carbocycles. The van der Waals surface area contributed by atoms with Crippen LogP contribution in [0.1, 0.15) is 35.4 Å². The van der Waals surface area contributed by atoms with Crippen molar-refractivity contribution in [3.05, 3.63) is 58.3 Å². The quantitative estimate of drug-likeness (QED) is 0.320. The van der Waals surface area contributed by atoms with Crippen LogP contribution < -0.4 is 10.6 Å². The van der Waals surface area contributed by atoms with Gasteiger partial charge in [0.05, 0.1) is 6.10 Å². The minimum absolute atomic E-state index is 0. The van der Waals surface area contributed by atoms with Crippen molar-refractivity contribution in [3.63, 3.8) is 0 Å². The number of piperidine rings is 1. The van der Waals surface area contributed by atoms with E-state index < -0.39 is 0 Å². The van der Waals surface area contributed by atoms with Gasteiger partial charge < -0.3 is 15.4 Å². The molecule has 2 aromatic rings. The van der Waals surface area contributed by atoms with Crippen LogP contribution in [0.4, 0.5) is 0 Å². The molecule has 2 N–H and O–H groups in total. The van der Waals surface area contributed by atoms with E-state index in [4.69, 9.17) is 4.74 Å². The van der Waals surface area contributed by atoms with E-state index in [0.717, 1.165) is 12.5 Å². The molecule has 1 fully saturated rings. The first-order valence-electron chi connectivity index (χ1n) is 9.98. The number of likely N-dealkylation sites (tertiary alicyclic amines) is 1. The Morgan fingerprint density at radius 1 is 1.24 bits per heavy atom. The third kappa shape index (κ3) is 6.67. The number of thiophene rings is 1.